The molecule has 5 nitrogen and oxygen atoms in total. The monoisotopic (exact) mass is 258 g/mol. The Morgan fingerprint density at radius 1 is 1.21 bits per heavy atom. The molecule has 0 saturated carbocycles. The van der Waals surface area contributed by atoms with Gasteiger partial charge >= 0.3 is 0 Å². The standard InChI is InChI=1S/C14H14N2O3/c1-19-11-6-7-13(17)12(8-11)14(18)16-10-4-2-9(15)3-5-10/h2-8,17H,15H2,1H3,(H,16,18). The molecule has 2 aromatic rings. The molecule has 0 atom stereocenters. The van der Waals surface area contributed by atoms with Crippen LogP contribution in [-0.4, -0.2) is 18.1 Å². The molecule has 0 aromatic heterocycles. The summed E-state index contributed by atoms with van der Waals surface area (Å²) in [6.07, 6.45) is 0. The van der Waals surface area contributed by atoms with Crippen molar-refractivity contribution in [3.63, 3.8) is 0 Å². The fraction of sp³-hybridized carbons (Fsp3) is 0.0714. The number of amides is 1. The van der Waals surface area contributed by atoms with Crippen LogP contribution in [0.25, 0.3) is 0 Å². The molecule has 2 rings (SSSR count). The minimum absolute atomic E-state index is 0.103. The summed E-state index contributed by atoms with van der Waals surface area (Å²) in [5.41, 5.74) is 6.92. The number of carbonyl (C=O) groups excluding carboxylic acids is 1. The summed E-state index contributed by atoms with van der Waals surface area (Å²) in [4.78, 5) is 12.0. The van der Waals surface area contributed by atoms with Crippen LogP contribution < -0.4 is 15.8 Å². The highest BCUT2D eigenvalue weighted by molar-refractivity contribution is 6.06. The molecule has 0 saturated heterocycles. The van der Waals surface area contributed by atoms with Gasteiger partial charge in [0.1, 0.15) is 11.5 Å². The third-order valence-corrected chi connectivity index (χ3v) is 2.62. The number of aromatic hydroxyl groups is 1. The first-order chi connectivity index (χ1) is 9.10. The number of carbonyl (C=O) groups is 1. The van der Waals surface area contributed by atoms with Gasteiger partial charge in [0.05, 0.1) is 12.7 Å². The van der Waals surface area contributed by atoms with Crippen molar-refractivity contribution in [2.24, 2.45) is 0 Å². The molecule has 0 unspecified atom stereocenters. The van der Waals surface area contributed by atoms with Crippen molar-refractivity contribution >= 4 is 17.3 Å². The van der Waals surface area contributed by atoms with Gasteiger partial charge in [-0.25, -0.2) is 0 Å². The number of anilines is 2. The van der Waals surface area contributed by atoms with E-state index in [4.69, 9.17) is 10.5 Å². The van der Waals surface area contributed by atoms with Crippen LogP contribution >= 0.6 is 0 Å². The Balaban J connectivity index is 2.22. The maximum Gasteiger partial charge on any atom is 0.259 e. The van der Waals surface area contributed by atoms with E-state index in [2.05, 4.69) is 5.32 Å². The molecule has 1 amide bonds. The molecule has 0 spiro atoms. The first-order valence-corrected chi connectivity index (χ1v) is 5.64. The summed E-state index contributed by atoms with van der Waals surface area (Å²) in [6.45, 7) is 0. The zero-order chi connectivity index (χ0) is 13.8. The topological polar surface area (TPSA) is 84.6 Å². The second-order valence-corrected chi connectivity index (χ2v) is 3.96. The van der Waals surface area contributed by atoms with E-state index in [-0.39, 0.29) is 11.3 Å². The molecule has 0 bridgehead atoms. The molecule has 2 aromatic carbocycles. The van der Waals surface area contributed by atoms with E-state index in [0.717, 1.165) is 0 Å². The summed E-state index contributed by atoms with van der Waals surface area (Å²) < 4.78 is 5.02. The number of nitrogens with one attached hydrogen (secondary N) is 1. The number of benzene rings is 2. The van der Waals surface area contributed by atoms with Crippen molar-refractivity contribution in [3.05, 3.63) is 48.0 Å². The van der Waals surface area contributed by atoms with Gasteiger partial charge in [-0.1, -0.05) is 0 Å². The molecule has 98 valence electrons. The van der Waals surface area contributed by atoms with Crippen LogP contribution in [0.3, 0.4) is 0 Å². The van der Waals surface area contributed by atoms with Crippen molar-refractivity contribution < 1.29 is 14.6 Å². The third-order valence-electron chi connectivity index (χ3n) is 2.62. The number of hydrogen-bond donors (Lipinski definition) is 3. The van der Waals surface area contributed by atoms with Gasteiger partial charge in [0.15, 0.2) is 0 Å². The summed E-state index contributed by atoms with van der Waals surface area (Å²) in [5, 5.41) is 12.4. The first-order valence-electron chi connectivity index (χ1n) is 5.64. The van der Waals surface area contributed by atoms with E-state index < -0.39 is 5.91 Å². The normalized spacial score (nSPS) is 9.95. The van der Waals surface area contributed by atoms with E-state index >= 15 is 0 Å². The molecule has 0 aliphatic rings. The highest BCUT2D eigenvalue weighted by Gasteiger charge is 2.12. The van der Waals surface area contributed by atoms with Crippen molar-refractivity contribution in [2.75, 3.05) is 18.2 Å². The Morgan fingerprint density at radius 2 is 1.89 bits per heavy atom. The smallest absolute Gasteiger partial charge is 0.259 e. The van der Waals surface area contributed by atoms with Crippen LogP contribution in [0.15, 0.2) is 42.5 Å². The van der Waals surface area contributed by atoms with Crippen LogP contribution in [0.5, 0.6) is 11.5 Å². The van der Waals surface area contributed by atoms with E-state index in [1.54, 1.807) is 30.3 Å². The van der Waals surface area contributed by atoms with E-state index in [0.29, 0.717) is 17.1 Å². The lowest BCUT2D eigenvalue weighted by Crippen LogP contribution is -2.12. The fourth-order valence-electron chi connectivity index (χ4n) is 1.59. The summed E-state index contributed by atoms with van der Waals surface area (Å²) in [7, 11) is 1.49. The lowest BCUT2D eigenvalue weighted by atomic mass is 10.1. The summed E-state index contributed by atoms with van der Waals surface area (Å²) in [6, 6.07) is 11.2. The molecule has 0 heterocycles. The second-order valence-electron chi connectivity index (χ2n) is 3.96. The van der Waals surface area contributed by atoms with Crippen molar-refractivity contribution in [2.45, 2.75) is 0 Å². The quantitative estimate of drug-likeness (QED) is 0.737. The number of nitrogen functional groups attached to an aromatic ring is 1. The van der Waals surface area contributed by atoms with Gasteiger partial charge in [-0.15, -0.1) is 0 Å². The average molecular weight is 258 g/mol. The van der Waals surface area contributed by atoms with Crippen molar-refractivity contribution in [1.29, 1.82) is 0 Å². The molecule has 0 aliphatic carbocycles. The fourth-order valence-corrected chi connectivity index (χ4v) is 1.59. The van der Waals surface area contributed by atoms with Gasteiger partial charge in [-0.05, 0) is 42.5 Å². The highest BCUT2D eigenvalue weighted by atomic mass is 16.5. The minimum Gasteiger partial charge on any atom is -0.507 e. The molecular weight excluding hydrogens is 244 g/mol. The van der Waals surface area contributed by atoms with Crippen LogP contribution in [-0.2, 0) is 0 Å². The Morgan fingerprint density at radius 3 is 2.53 bits per heavy atom. The maximum atomic E-state index is 12.0. The lowest BCUT2D eigenvalue weighted by Gasteiger charge is -2.08. The van der Waals surface area contributed by atoms with Crippen LogP contribution in [0, 0.1) is 0 Å². The van der Waals surface area contributed by atoms with Gasteiger partial charge in [-0.2, -0.15) is 0 Å². The number of phenols is 1. The third kappa shape index (κ3) is 2.95. The van der Waals surface area contributed by atoms with Crippen molar-refractivity contribution in [1.82, 2.24) is 0 Å². The molecule has 0 radical (unpaired) electrons. The Kier molecular flexibility index (Phi) is 3.56. The lowest BCUT2D eigenvalue weighted by molar-refractivity contribution is 0.102. The molecule has 0 fully saturated rings. The predicted octanol–water partition coefficient (Wildman–Crippen LogP) is 2.24. The van der Waals surface area contributed by atoms with Gasteiger partial charge in [0, 0.05) is 11.4 Å². The first kappa shape index (κ1) is 12.8. The van der Waals surface area contributed by atoms with E-state index in [1.807, 2.05) is 0 Å². The zero-order valence-corrected chi connectivity index (χ0v) is 10.4. The van der Waals surface area contributed by atoms with E-state index in [1.165, 1.54) is 19.2 Å². The summed E-state index contributed by atoms with van der Waals surface area (Å²) >= 11 is 0. The molecule has 19 heavy (non-hydrogen) atoms. The number of ether oxygens (including phenoxy) is 1. The number of hydrogen-bond acceptors (Lipinski definition) is 4. The number of rotatable bonds is 3. The average Bonchev–Trinajstić information content (AvgIpc) is 2.42. The zero-order valence-electron chi connectivity index (χ0n) is 10.4. The van der Waals surface area contributed by atoms with Crippen LogP contribution in [0.4, 0.5) is 11.4 Å². The second kappa shape index (κ2) is 5.30. The van der Waals surface area contributed by atoms with Gasteiger partial charge in [0.2, 0.25) is 0 Å². The Hall–Kier alpha value is -2.69. The molecule has 0 aliphatic heterocycles. The number of phenolic OH excluding ortho intramolecular Hbond substituents is 1. The predicted molar refractivity (Wildman–Crippen MR) is 73.5 cm³/mol. The van der Waals surface area contributed by atoms with Gasteiger partial charge < -0.3 is 20.9 Å². The molecule has 5 heteroatoms. The molecular formula is C14H14N2O3. The van der Waals surface area contributed by atoms with Crippen molar-refractivity contribution in [3.8, 4) is 11.5 Å². The van der Waals surface area contributed by atoms with Gasteiger partial charge in [0.25, 0.3) is 5.91 Å². The van der Waals surface area contributed by atoms with Gasteiger partial charge in [-0.3, -0.25) is 4.79 Å². The van der Waals surface area contributed by atoms with Crippen LogP contribution in [0.2, 0.25) is 0 Å². The number of methoxy groups -OCH3 is 1. The molecule has 4 N–H and O–H groups in total. The Bertz CT molecular complexity index is 594. The summed E-state index contributed by atoms with van der Waals surface area (Å²) in [5.74, 6) is -0.0184. The van der Waals surface area contributed by atoms with Crippen LogP contribution in [0.1, 0.15) is 10.4 Å². The van der Waals surface area contributed by atoms with E-state index in [9.17, 15) is 9.90 Å². The maximum absolute atomic E-state index is 12.0. The number of nitrogens with two attached hydrogens (primary N) is 1. The SMILES string of the molecule is COc1ccc(O)c(C(=O)Nc2ccc(N)cc2)c1. The Labute approximate surface area is 110 Å². The highest BCUT2D eigenvalue weighted by Crippen LogP contribution is 2.24. The minimum atomic E-state index is -0.416. The largest absolute Gasteiger partial charge is 0.507 e.